The molecule has 9 nitrogen and oxygen atoms in total. The number of hydrogen-bond donors (Lipinski definition) is 3. The van der Waals surface area contributed by atoms with Crippen LogP contribution in [0.15, 0.2) is 66.8 Å². The van der Waals surface area contributed by atoms with Crippen molar-refractivity contribution in [3.8, 4) is 0 Å². The van der Waals surface area contributed by atoms with Crippen LogP contribution in [0.2, 0.25) is 0 Å². The Kier molecular flexibility index (Phi) is 5.74. The van der Waals surface area contributed by atoms with Gasteiger partial charge in [-0.2, -0.15) is 0 Å². The van der Waals surface area contributed by atoms with Crippen LogP contribution in [0.5, 0.6) is 0 Å². The summed E-state index contributed by atoms with van der Waals surface area (Å²) >= 11 is 3.85. The fourth-order valence-electron chi connectivity index (χ4n) is 2.22. The SMILES string of the molecule is Cc1ccc(Sc2ccc(Sc3n[nH]c(=O)[nH]3)nc2C(=O)Nc2nccs2)cn1. The molecule has 146 valence electrons. The molecule has 0 atom stereocenters. The van der Waals surface area contributed by atoms with Crippen molar-refractivity contribution in [1.82, 2.24) is 30.1 Å². The molecular formula is C17H13N7O2S3. The number of carbonyl (C=O) groups excluding carboxylic acids is 1. The molecule has 0 aliphatic carbocycles. The number of nitrogens with zero attached hydrogens (tertiary/aromatic N) is 4. The summed E-state index contributed by atoms with van der Waals surface area (Å²) in [4.78, 5) is 41.0. The second-order valence-electron chi connectivity index (χ2n) is 5.61. The summed E-state index contributed by atoms with van der Waals surface area (Å²) in [6.45, 7) is 1.91. The second-order valence-corrected chi connectivity index (χ2v) is 8.63. The van der Waals surface area contributed by atoms with Crippen molar-refractivity contribution in [2.24, 2.45) is 0 Å². The third-order valence-electron chi connectivity index (χ3n) is 3.49. The predicted molar refractivity (Wildman–Crippen MR) is 111 cm³/mol. The Morgan fingerprint density at radius 3 is 2.76 bits per heavy atom. The van der Waals surface area contributed by atoms with Crippen LogP contribution in [0, 0.1) is 6.92 Å². The van der Waals surface area contributed by atoms with Gasteiger partial charge < -0.3 is 0 Å². The number of H-pyrrole nitrogens is 2. The van der Waals surface area contributed by atoms with E-state index in [1.807, 2.05) is 19.1 Å². The minimum atomic E-state index is -0.409. The van der Waals surface area contributed by atoms with Gasteiger partial charge in [-0.1, -0.05) is 11.8 Å². The Morgan fingerprint density at radius 1 is 1.17 bits per heavy atom. The number of amides is 1. The number of carbonyl (C=O) groups is 1. The maximum Gasteiger partial charge on any atom is 0.341 e. The lowest BCUT2D eigenvalue weighted by molar-refractivity contribution is 0.101. The number of aryl methyl sites for hydroxylation is 1. The Morgan fingerprint density at radius 2 is 2.07 bits per heavy atom. The van der Waals surface area contributed by atoms with Crippen molar-refractivity contribution < 1.29 is 4.79 Å². The van der Waals surface area contributed by atoms with Crippen molar-refractivity contribution in [3.63, 3.8) is 0 Å². The van der Waals surface area contributed by atoms with Crippen LogP contribution in [0.1, 0.15) is 16.2 Å². The van der Waals surface area contributed by atoms with Crippen molar-refractivity contribution >= 4 is 45.9 Å². The second kappa shape index (κ2) is 8.59. The van der Waals surface area contributed by atoms with Crippen LogP contribution in [0.3, 0.4) is 0 Å². The summed E-state index contributed by atoms with van der Waals surface area (Å²) in [5.41, 5.74) is 0.746. The van der Waals surface area contributed by atoms with E-state index in [0.717, 1.165) is 22.4 Å². The van der Waals surface area contributed by atoms with Crippen molar-refractivity contribution in [1.29, 1.82) is 0 Å². The zero-order valence-corrected chi connectivity index (χ0v) is 17.3. The molecule has 0 unspecified atom stereocenters. The maximum atomic E-state index is 12.9. The summed E-state index contributed by atoms with van der Waals surface area (Å²) in [5.74, 6) is -0.375. The molecule has 0 aromatic carbocycles. The highest BCUT2D eigenvalue weighted by Crippen LogP contribution is 2.32. The van der Waals surface area contributed by atoms with Gasteiger partial charge in [0, 0.05) is 33.3 Å². The third-order valence-corrected chi connectivity index (χ3v) is 6.03. The Balaban J connectivity index is 1.65. The van der Waals surface area contributed by atoms with E-state index in [4.69, 9.17) is 0 Å². The number of thiazole rings is 1. The van der Waals surface area contributed by atoms with Gasteiger partial charge in [0.25, 0.3) is 5.91 Å². The van der Waals surface area contributed by atoms with E-state index in [2.05, 4.69) is 35.5 Å². The van der Waals surface area contributed by atoms with Crippen LogP contribution in [0.25, 0.3) is 0 Å². The van der Waals surface area contributed by atoms with E-state index in [9.17, 15) is 9.59 Å². The summed E-state index contributed by atoms with van der Waals surface area (Å²) in [6, 6.07) is 7.42. The smallest absolute Gasteiger partial charge is 0.296 e. The number of rotatable bonds is 6. The third kappa shape index (κ3) is 4.91. The lowest BCUT2D eigenvalue weighted by Crippen LogP contribution is -2.15. The van der Waals surface area contributed by atoms with E-state index in [-0.39, 0.29) is 11.6 Å². The Labute approximate surface area is 176 Å². The topological polar surface area (TPSA) is 129 Å². The summed E-state index contributed by atoms with van der Waals surface area (Å²) < 4.78 is 0. The van der Waals surface area contributed by atoms with Gasteiger partial charge in [-0.3, -0.25) is 20.1 Å². The number of nitrogens with one attached hydrogen (secondary N) is 3. The lowest BCUT2D eigenvalue weighted by Gasteiger charge is -2.09. The molecule has 0 aliphatic heterocycles. The molecule has 1 amide bonds. The fraction of sp³-hybridized carbons (Fsp3) is 0.0588. The molecule has 4 rings (SSSR count). The number of aromatic amines is 2. The van der Waals surface area contributed by atoms with Crippen LogP contribution < -0.4 is 11.0 Å². The molecular weight excluding hydrogens is 430 g/mol. The highest BCUT2D eigenvalue weighted by Gasteiger charge is 2.18. The number of pyridine rings is 2. The van der Waals surface area contributed by atoms with Gasteiger partial charge in [0.05, 0.1) is 0 Å². The minimum Gasteiger partial charge on any atom is -0.296 e. The van der Waals surface area contributed by atoms with Crippen molar-refractivity contribution in [3.05, 3.63) is 63.9 Å². The van der Waals surface area contributed by atoms with E-state index < -0.39 is 5.69 Å². The summed E-state index contributed by atoms with van der Waals surface area (Å²) in [7, 11) is 0. The average molecular weight is 444 g/mol. The molecule has 0 saturated carbocycles. The fourth-order valence-corrected chi connectivity index (χ4v) is 4.31. The number of anilines is 1. The molecule has 29 heavy (non-hydrogen) atoms. The summed E-state index contributed by atoms with van der Waals surface area (Å²) in [5, 5.41) is 12.0. The maximum absolute atomic E-state index is 12.9. The van der Waals surface area contributed by atoms with Gasteiger partial charge in [-0.15, -0.1) is 16.4 Å². The van der Waals surface area contributed by atoms with E-state index in [1.54, 1.807) is 29.9 Å². The van der Waals surface area contributed by atoms with Crippen LogP contribution >= 0.6 is 34.9 Å². The normalized spacial score (nSPS) is 10.8. The molecule has 4 aromatic rings. The first kappa shape index (κ1) is 19.4. The Hall–Kier alpha value is -2.96. The molecule has 3 N–H and O–H groups in total. The summed E-state index contributed by atoms with van der Waals surface area (Å²) in [6.07, 6.45) is 3.36. The monoisotopic (exact) mass is 443 g/mol. The molecule has 0 saturated heterocycles. The zero-order valence-electron chi connectivity index (χ0n) is 14.9. The van der Waals surface area contributed by atoms with Crippen LogP contribution in [-0.4, -0.2) is 36.0 Å². The van der Waals surface area contributed by atoms with Crippen molar-refractivity contribution in [2.75, 3.05) is 5.32 Å². The van der Waals surface area contributed by atoms with Crippen LogP contribution in [-0.2, 0) is 0 Å². The van der Waals surface area contributed by atoms with E-state index in [0.29, 0.717) is 20.2 Å². The van der Waals surface area contributed by atoms with Crippen LogP contribution in [0.4, 0.5) is 5.13 Å². The van der Waals surface area contributed by atoms with Gasteiger partial charge >= 0.3 is 5.69 Å². The van der Waals surface area contributed by atoms with Gasteiger partial charge in [0.2, 0.25) is 0 Å². The van der Waals surface area contributed by atoms with Gasteiger partial charge in [0.1, 0.15) is 10.7 Å². The molecule has 4 aromatic heterocycles. The molecule has 0 fully saturated rings. The van der Waals surface area contributed by atoms with Gasteiger partial charge in [0.15, 0.2) is 10.3 Å². The largest absolute Gasteiger partial charge is 0.341 e. The zero-order chi connectivity index (χ0) is 20.2. The first-order chi connectivity index (χ1) is 14.1. The molecule has 0 radical (unpaired) electrons. The molecule has 12 heteroatoms. The lowest BCUT2D eigenvalue weighted by atomic mass is 10.3. The first-order valence-corrected chi connectivity index (χ1v) is 10.7. The standard InChI is InChI=1S/C17H13N7O2S3/c1-9-2-3-10(8-19-9)28-11-4-5-12(29-17-22-15(26)23-24-17)20-13(11)14(25)21-16-18-6-7-27-16/h2-8H,1H3,(H,18,21,25)(H2,22,23,24,26). The van der Waals surface area contributed by atoms with E-state index in [1.165, 1.54) is 23.1 Å². The highest BCUT2D eigenvalue weighted by molar-refractivity contribution is 7.99. The first-order valence-electron chi connectivity index (χ1n) is 8.22. The molecule has 0 bridgehead atoms. The van der Waals surface area contributed by atoms with Gasteiger partial charge in [-0.25, -0.2) is 19.9 Å². The minimum absolute atomic E-state index is 0.244. The average Bonchev–Trinajstić information content (AvgIpc) is 3.36. The number of hydrogen-bond acceptors (Lipinski definition) is 9. The quantitative estimate of drug-likeness (QED) is 0.414. The molecule has 0 aliphatic rings. The molecule has 0 spiro atoms. The highest BCUT2D eigenvalue weighted by atomic mass is 32.2. The Bertz CT molecular complexity index is 1190. The van der Waals surface area contributed by atoms with E-state index >= 15 is 0 Å². The molecule has 4 heterocycles. The number of aromatic nitrogens is 6. The van der Waals surface area contributed by atoms with Crippen molar-refractivity contribution in [2.45, 2.75) is 26.9 Å². The predicted octanol–water partition coefficient (Wildman–Crippen LogP) is 3.21. The van der Waals surface area contributed by atoms with Gasteiger partial charge in [-0.05, 0) is 43.0 Å².